The maximum absolute atomic E-state index is 11.9. The molecular formula is C16H18LiNO4. The molecule has 0 N–H and O–H groups in total. The Morgan fingerprint density at radius 1 is 1.23 bits per heavy atom. The third-order valence-corrected chi connectivity index (χ3v) is 2.60. The van der Waals surface area contributed by atoms with Gasteiger partial charge in [-0.2, -0.15) is 0 Å². The Labute approximate surface area is 142 Å². The maximum atomic E-state index is 11.9. The van der Waals surface area contributed by atoms with Gasteiger partial charge in [0.2, 0.25) is 0 Å². The van der Waals surface area contributed by atoms with Crippen molar-refractivity contribution in [2.75, 3.05) is 0 Å². The molecule has 0 aliphatic rings. The Morgan fingerprint density at radius 2 is 1.86 bits per heavy atom. The van der Waals surface area contributed by atoms with Gasteiger partial charge in [0.25, 0.3) is 0 Å². The van der Waals surface area contributed by atoms with E-state index in [9.17, 15) is 9.90 Å². The molecule has 22 heavy (non-hydrogen) atoms. The number of benzene rings is 1. The summed E-state index contributed by atoms with van der Waals surface area (Å²) >= 11 is 0. The molecule has 2 aromatic rings. The third-order valence-electron chi connectivity index (χ3n) is 2.60. The van der Waals surface area contributed by atoms with Gasteiger partial charge in [-0.15, -0.1) is 0 Å². The largest absolute Gasteiger partial charge is 1.00 e. The predicted octanol–water partition coefficient (Wildman–Crippen LogP) is -0.0721. The minimum absolute atomic E-state index is 0. The van der Waals surface area contributed by atoms with Crippen LogP contribution in [0.25, 0.3) is 0 Å². The van der Waals surface area contributed by atoms with Gasteiger partial charge in [0, 0.05) is 0 Å². The van der Waals surface area contributed by atoms with Crippen molar-refractivity contribution in [3.63, 3.8) is 0 Å². The summed E-state index contributed by atoms with van der Waals surface area (Å²) in [5.74, 6) is -0.123. The first-order chi connectivity index (χ1) is 9.85. The van der Waals surface area contributed by atoms with Crippen molar-refractivity contribution in [2.24, 2.45) is 0 Å². The quantitative estimate of drug-likeness (QED) is 0.744. The Hall–Kier alpha value is -1.83. The van der Waals surface area contributed by atoms with E-state index in [0.29, 0.717) is 12.4 Å². The average Bonchev–Trinajstić information content (AvgIpc) is 2.77. The van der Waals surface area contributed by atoms with Gasteiger partial charge in [-0.1, -0.05) is 30.3 Å². The SMILES string of the molecule is CC(C)(C)OC(=O)n1cc(OCc2ccccc2)cc1[O-].[Li+]. The smallest absolute Gasteiger partial charge is 0.860 e. The van der Waals surface area contributed by atoms with E-state index in [0.717, 1.165) is 10.1 Å². The number of nitrogens with zero attached hydrogens (tertiary/aromatic N) is 1. The zero-order chi connectivity index (χ0) is 15.5. The second-order valence-corrected chi connectivity index (χ2v) is 5.64. The molecule has 0 amide bonds. The molecular weight excluding hydrogens is 277 g/mol. The fourth-order valence-electron chi connectivity index (χ4n) is 1.69. The summed E-state index contributed by atoms with van der Waals surface area (Å²) in [6, 6.07) is 10.8. The standard InChI is InChI=1S/C16H19NO4.Li/c1-16(2,3)21-15(19)17-10-13(9-14(17)18)20-11-12-7-5-4-6-8-12;/h4-10,18H,11H2,1-3H3;/q;+1/p-1. The van der Waals surface area contributed by atoms with Crippen LogP contribution in [0, 0.1) is 0 Å². The molecule has 0 unspecified atom stereocenters. The summed E-state index contributed by atoms with van der Waals surface area (Å²) in [5.41, 5.74) is 0.328. The Kier molecular flexibility index (Phi) is 6.16. The topological polar surface area (TPSA) is 63.5 Å². The van der Waals surface area contributed by atoms with Crippen LogP contribution >= 0.6 is 0 Å². The van der Waals surface area contributed by atoms with Crippen LogP contribution in [0.5, 0.6) is 11.6 Å². The molecule has 0 spiro atoms. The fraction of sp³-hybridized carbons (Fsp3) is 0.312. The summed E-state index contributed by atoms with van der Waals surface area (Å²) in [6.07, 6.45) is 0.640. The van der Waals surface area contributed by atoms with Crippen LogP contribution in [0.2, 0.25) is 0 Å². The summed E-state index contributed by atoms with van der Waals surface area (Å²) < 4.78 is 11.6. The Balaban J connectivity index is 0.00000242. The number of hydrogen-bond donors (Lipinski definition) is 0. The molecule has 0 radical (unpaired) electrons. The van der Waals surface area contributed by atoms with Crippen LogP contribution in [0.4, 0.5) is 4.79 Å². The number of rotatable bonds is 3. The molecule has 2 rings (SSSR count). The molecule has 112 valence electrons. The van der Waals surface area contributed by atoms with Gasteiger partial charge < -0.3 is 14.6 Å². The van der Waals surface area contributed by atoms with Gasteiger partial charge in [0.1, 0.15) is 18.0 Å². The molecule has 0 fully saturated rings. The van der Waals surface area contributed by atoms with Crippen LogP contribution in [-0.2, 0) is 11.3 Å². The van der Waals surface area contributed by atoms with E-state index in [-0.39, 0.29) is 18.9 Å². The van der Waals surface area contributed by atoms with Gasteiger partial charge in [-0.25, -0.2) is 4.79 Å². The van der Waals surface area contributed by atoms with Crippen molar-refractivity contribution in [3.05, 3.63) is 48.2 Å². The first-order valence-electron chi connectivity index (χ1n) is 6.64. The second kappa shape index (κ2) is 7.44. The maximum Gasteiger partial charge on any atom is 1.00 e. The van der Waals surface area contributed by atoms with Gasteiger partial charge in [-0.05, 0) is 38.3 Å². The van der Waals surface area contributed by atoms with Crippen LogP contribution in [0.3, 0.4) is 0 Å². The van der Waals surface area contributed by atoms with E-state index >= 15 is 0 Å². The normalized spacial score (nSPS) is 10.7. The zero-order valence-corrected chi connectivity index (χ0v) is 13.3. The van der Waals surface area contributed by atoms with Crippen molar-refractivity contribution in [1.82, 2.24) is 4.57 Å². The van der Waals surface area contributed by atoms with Crippen LogP contribution in [0.1, 0.15) is 26.3 Å². The first kappa shape index (κ1) is 18.2. The number of carbonyl (C=O) groups is 1. The number of ether oxygens (including phenoxy) is 2. The van der Waals surface area contributed by atoms with E-state index in [1.807, 2.05) is 30.3 Å². The summed E-state index contributed by atoms with van der Waals surface area (Å²) in [5, 5.41) is 11.8. The van der Waals surface area contributed by atoms with E-state index in [1.165, 1.54) is 12.3 Å². The molecule has 0 aliphatic carbocycles. The van der Waals surface area contributed by atoms with Gasteiger partial charge in [0.05, 0.1) is 6.20 Å². The van der Waals surface area contributed by atoms with E-state index in [1.54, 1.807) is 20.8 Å². The molecule has 1 heterocycles. The Morgan fingerprint density at radius 3 is 2.45 bits per heavy atom. The molecule has 0 saturated carbocycles. The van der Waals surface area contributed by atoms with Crippen LogP contribution in [0.15, 0.2) is 42.6 Å². The van der Waals surface area contributed by atoms with Crippen molar-refractivity contribution < 1.29 is 38.2 Å². The zero-order valence-electron chi connectivity index (χ0n) is 13.3. The number of hydrogen-bond acceptors (Lipinski definition) is 4. The van der Waals surface area contributed by atoms with Gasteiger partial charge in [0.15, 0.2) is 0 Å². The van der Waals surface area contributed by atoms with E-state index < -0.39 is 17.6 Å². The third kappa shape index (κ3) is 5.17. The molecule has 6 heteroatoms. The molecule has 0 atom stereocenters. The van der Waals surface area contributed by atoms with Crippen LogP contribution in [-0.4, -0.2) is 16.3 Å². The van der Waals surface area contributed by atoms with Crippen molar-refractivity contribution in [2.45, 2.75) is 33.0 Å². The van der Waals surface area contributed by atoms with Gasteiger partial charge in [-0.3, -0.25) is 4.57 Å². The minimum atomic E-state index is -0.706. The average molecular weight is 295 g/mol. The molecule has 0 aliphatic heterocycles. The van der Waals surface area contributed by atoms with E-state index in [4.69, 9.17) is 9.47 Å². The number of aromatic nitrogens is 1. The summed E-state index contributed by atoms with van der Waals surface area (Å²) in [6.45, 7) is 5.56. The monoisotopic (exact) mass is 295 g/mol. The molecule has 5 nitrogen and oxygen atoms in total. The first-order valence-corrected chi connectivity index (χ1v) is 6.64. The molecule has 0 saturated heterocycles. The van der Waals surface area contributed by atoms with E-state index in [2.05, 4.69) is 0 Å². The molecule has 0 bridgehead atoms. The number of carbonyl (C=O) groups excluding carboxylic acids is 1. The fourth-order valence-corrected chi connectivity index (χ4v) is 1.69. The van der Waals surface area contributed by atoms with Crippen molar-refractivity contribution in [3.8, 4) is 11.6 Å². The van der Waals surface area contributed by atoms with Crippen molar-refractivity contribution in [1.29, 1.82) is 0 Å². The Bertz CT molecular complexity index is 617. The predicted molar refractivity (Wildman–Crippen MR) is 76.3 cm³/mol. The summed E-state index contributed by atoms with van der Waals surface area (Å²) in [4.78, 5) is 11.9. The van der Waals surface area contributed by atoms with Gasteiger partial charge >= 0.3 is 25.0 Å². The minimum Gasteiger partial charge on any atom is -0.860 e. The molecule has 1 aromatic carbocycles. The summed E-state index contributed by atoms with van der Waals surface area (Å²) in [7, 11) is 0. The second-order valence-electron chi connectivity index (χ2n) is 5.64. The van der Waals surface area contributed by atoms with Crippen LogP contribution < -0.4 is 28.7 Å². The molecule has 1 aromatic heterocycles. The van der Waals surface area contributed by atoms with Crippen molar-refractivity contribution >= 4 is 6.09 Å².